The fraction of sp³-hybridized carbons (Fsp3) is 0.273. The highest BCUT2D eigenvalue weighted by atomic mass is 16.5. The second-order valence-electron chi connectivity index (χ2n) is 2.94. The number of esters is 1. The first-order chi connectivity index (χ1) is 7.15. The van der Waals surface area contributed by atoms with Crippen molar-refractivity contribution in [2.45, 2.75) is 13.3 Å². The molecule has 15 heavy (non-hydrogen) atoms. The quantitative estimate of drug-likeness (QED) is 0.545. The lowest BCUT2D eigenvalue weighted by molar-refractivity contribution is -0.139. The number of ether oxygens (including phenoxy) is 1. The fourth-order valence-electron chi connectivity index (χ4n) is 0.942. The van der Waals surface area contributed by atoms with Crippen molar-refractivity contribution in [2.75, 3.05) is 12.8 Å². The summed E-state index contributed by atoms with van der Waals surface area (Å²) >= 11 is 0. The predicted octanol–water partition coefficient (Wildman–Crippen LogP) is 0.887. The number of carbonyl (C=O) groups excluding carboxylic acids is 1. The largest absolute Gasteiger partial charge is 0.468 e. The van der Waals surface area contributed by atoms with Gasteiger partial charge in [0.05, 0.1) is 12.8 Å². The van der Waals surface area contributed by atoms with E-state index < -0.39 is 0 Å². The van der Waals surface area contributed by atoms with Crippen LogP contribution in [0.15, 0.2) is 12.3 Å². The Balaban J connectivity index is 2.80. The number of aryl methyl sites for hydroxylation is 1. The molecule has 0 saturated carbocycles. The van der Waals surface area contributed by atoms with E-state index in [-0.39, 0.29) is 12.4 Å². The van der Waals surface area contributed by atoms with Gasteiger partial charge in [0.15, 0.2) is 0 Å². The van der Waals surface area contributed by atoms with E-state index in [9.17, 15) is 4.79 Å². The molecule has 1 rings (SSSR count). The number of nitrogens with two attached hydrogens (primary N) is 1. The Bertz CT molecular complexity index is 430. The zero-order valence-corrected chi connectivity index (χ0v) is 8.70. The summed E-state index contributed by atoms with van der Waals surface area (Å²) in [4.78, 5) is 14.8. The molecular formula is C11H12N2O2. The molecule has 2 N–H and O–H groups in total. The summed E-state index contributed by atoms with van der Waals surface area (Å²) in [5.41, 5.74) is 7.72. The topological polar surface area (TPSA) is 65.2 Å². The van der Waals surface area contributed by atoms with Gasteiger partial charge < -0.3 is 10.5 Å². The lowest BCUT2D eigenvalue weighted by atomic mass is 10.2. The number of pyridine rings is 1. The monoisotopic (exact) mass is 204 g/mol. The van der Waals surface area contributed by atoms with Gasteiger partial charge in [-0.1, -0.05) is 5.92 Å². The van der Waals surface area contributed by atoms with Gasteiger partial charge in [-0.25, -0.2) is 4.98 Å². The molecule has 0 amide bonds. The molecule has 0 bridgehead atoms. The second kappa shape index (κ2) is 5.01. The summed E-state index contributed by atoms with van der Waals surface area (Å²) in [6, 6.07) is 1.81. The predicted molar refractivity (Wildman–Crippen MR) is 56.9 cm³/mol. The molecule has 1 heterocycles. The van der Waals surface area contributed by atoms with Crippen LogP contribution in [0, 0.1) is 18.8 Å². The maximum Gasteiger partial charge on any atom is 0.317 e. The van der Waals surface area contributed by atoms with Crippen molar-refractivity contribution in [2.24, 2.45) is 0 Å². The van der Waals surface area contributed by atoms with E-state index in [1.54, 1.807) is 12.3 Å². The third kappa shape index (κ3) is 2.99. The van der Waals surface area contributed by atoms with Gasteiger partial charge in [0.2, 0.25) is 0 Å². The molecule has 0 aliphatic heterocycles. The minimum atomic E-state index is -0.367. The first-order valence-electron chi connectivity index (χ1n) is 4.42. The van der Waals surface area contributed by atoms with Crippen molar-refractivity contribution >= 4 is 11.7 Å². The molecular weight excluding hydrogens is 192 g/mol. The number of rotatable bonds is 1. The molecule has 0 aliphatic rings. The van der Waals surface area contributed by atoms with Crippen LogP contribution in [0.25, 0.3) is 0 Å². The van der Waals surface area contributed by atoms with E-state index in [0.29, 0.717) is 11.4 Å². The molecule has 0 aliphatic carbocycles. The Hall–Kier alpha value is -2.02. The normalized spacial score (nSPS) is 8.93. The van der Waals surface area contributed by atoms with Gasteiger partial charge in [-0.05, 0) is 24.5 Å². The Morgan fingerprint density at radius 3 is 3.07 bits per heavy atom. The zero-order chi connectivity index (χ0) is 11.3. The number of carbonyl (C=O) groups is 1. The van der Waals surface area contributed by atoms with Gasteiger partial charge in [0.25, 0.3) is 0 Å². The highest BCUT2D eigenvalue weighted by Gasteiger charge is 1.99. The van der Waals surface area contributed by atoms with Crippen LogP contribution < -0.4 is 5.73 Å². The average molecular weight is 204 g/mol. The second-order valence-corrected chi connectivity index (χ2v) is 2.94. The maximum absolute atomic E-state index is 10.8. The third-order valence-electron chi connectivity index (χ3n) is 1.88. The first kappa shape index (κ1) is 11.1. The molecule has 0 atom stereocenters. The molecule has 78 valence electrons. The SMILES string of the molecule is COC(=O)CC#Cc1nccc(C)c1N. The summed E-state index contributed by atoms with van der Waals surface area (Å²) in [7, 11) is 1.32. The molecule has 0 radical (unpaired) electrons. The van der Waals surface area contributed by atoms with E-state index in [2.05, 4.69) is 21.6 Å². The molecule has 4 heteroatoms. The maximum atomic E-state index is 10.8. The molecule has 0 unspecified atom stereocenters. The summed E-state index contributed by atoms with van der Waals surface area (Å²) in [5, 5.41) is 0. The minimum Gasteiger partial charge on any atom is -0.468 e. The van der Waals surface area contributed by atoms with Crippen LogP contribution in [0.5, 0.6) is 0 Å². The Labute approximate surface area is 88.5 Å². The van der Waals surface area contributed by atoms with Crippen LogP contribution in [0.3, 0.4) is 0 Å². The van der Waals surface area contributed by atoms with Crippen LogP contribution in [0.4, 0.5) is 5.69 Å². The van der Waals surface area contributed by atoms with E-state index in [4.69, 9.17) is 5.73 Å². The highest BCUT2D eigenvalue weighted by molar-refractivity contribution is 5.72. The fourth-order valence-corrected chi connectivity index (χ4v) is 0.942. The van der Waals surface area contributed by atoms with Gasteiger partial charge in [0.1, 0.15) is 12.1 Å². The van der Waals surface area contributed by atoms with E-state index in [0.717, 1.165) is 5.56 Å². The Morgan fingerprint density at radius 2 is 2.40 bits per heavy atom. The van der Waals surface area contributed by atoms with Gasteiger partial charge in [-0.2, -0.15) is 0 Å². The summed E-state index contributed by atoms with van der Waals surface area (Å²) < 4.78 is 4.45. The summed E-state index contributed by atoms with van der Waals surface area (Å²) in [6.45, 7) is 1.88. The van der Waals surface area contributed by atoms with Gasteiger partial charge in [0, 0.05) is 6.20 Å². The number of nitrogen functional groups attached to an aromatic ring is 1. The minimum absolute atomic E-state index is 0.0472. The number of aromatic nitrogens is 1. The number of anilines is 1. The smallest absolute Gasteiger partial charge is 0.317 e. The standard InChI is InChI=1S/C11H12N2O2/c1-8-6-7-13-9(11(8)12)4-3-5-10(14)15-2/h6-7H,5,12H2,1-2H3. The van der Waals surface area contributed by atoms with Gasteiger partial charge in [-0.15, -0.1) is 0 Å². The number of hydrogen-bond donors (Lipinski definition) is 1. The molecule has 1 aromatic rings. The van der Waals surface area contributed by atoms with Crippen molar-refractivity contribution in [1.29, 1.82) is 0 Å². The van der Waals surface area contributed by atoms with Gasteiger partial charge >= 0.3 is 5.97 Å². The number of methoxy groups -OCH3 is 1. The summed E-state index contributed by atoms with van der Waals surface area (Å²) in [5.74, 6) is 5.02. The van der Waals surface area contributed by atoms with Crippen LogP contribution in [0.2, 0.25) is 0 Å². The van der Waals surface area contributed by atoms with E-state index in [1.165, 1.54) is 7.11 Å². The van der Waals surface area contributed by atoms with E-state index >= 15 is 0 Å². The highest BCUT2D eigenvalue weighted by Crippen LogP contribution is 2.11. The lowest BCUT2D eigenvalue weighted by Gasteiger charge is -1.99. The Morgan fingerprint density at radius 1 is 1.67 bits per heavy atom. The van der Waals surface area contributed by atoms with E-state index in [1.807, 2.05) is 6.92 Å². The van der Waals surface area contributed by atoms with Crippen molar-refractivity contribution < 1.29 is 9.53 Å². The van der Waals surface area contributed by atoms with Crippen LogP contribution >= 0.6 is 0 Å². The molecule has 0 saturated heterocycles. The van der Waals surface area contributed by atoms with Crippen LogP contribution in [-0.4, -0.2) is 18.1 Å². The van der Waals surface area contributed by atoms with Crippen LogP contribution in [0.1, 0.15) is 17.7 Å². The van der Waals surface area contributed by atoms with Crippen molar-refractivity contribution in [3.05, 3.63) is 23.5 Å². The average Bonchev–Trinajstić information content (AvgIpc) is 2.24. The molecule has 0 aromatic carbocycles. The molecule has 0 fully saturated rings. The number of nitrogens with zero attached hydrogens (tertiary/aromatic N) is 1. The zero-order valence-electron chi connectivity index (χ0n) is 8.70. The van der Waals surface area contributed by atoms with Crippen LogP contribution in [-0.2, 0) is 9.53 Å². The lowest BCUT2D eigenvalue weighted by Crippen LogP contribution is -1.98. The van der Waals surface area contributed by atoms with Crippen molar-refractivity contribution in [3.63, 3.8) is 0 Å². The third-order valence-corrected chi connectivity index (χ3v) is 1.88. The molecule has 1 aromatic heterocycles. The molecule has 0 spiro atoms. The Kier molecular flexibility index (Phi) is 3.69. The first-order valence-corrected chi connectivity index (χ1v) is 4.42. The van der Waals surface area contributed by atoms with Crippen molar-refractivity contribution in [3.8, 4) is 11.8 Å². The number of hydrogen-bond acceptors (Lipinski definition) is 4. The summed E-state index contributed by atoms with van der Waals surface area (Å²) in [6.07, 6.45) is 1.68. The molecule has 4 nitrogen and oxygen atoms in total. The van der Waals surface area contributed by atoms with Crippen molar-refractivity contribution in [1.82, 2.24) is 4.98 Å². The van der Waals surface area contributed by atoms with Gasteiger partial charge in [-0.3, -0.25) is 4.79 Å².